The second-order valence-electron chi connectivity index (χ2n) is 9.26. The number of pyridine rings is 1. The van der Waals surface area contributed by atoms with Crippen molar-refractivity contribution in [3.8, 4) is 11.5 Å². The van der Waals surface area contributed by atoms with Gasteiger partial charge in [0.2, 0.25) is 5.89 Å². The quantitative estimate of drug-likeness (QED) is 0.329. The average Bonchev–Trinajstić information content (AvgIpc) is 3.52. The molecule has 0 aliphatic carbocycles. The summed E-state index contributed by atoms with van der Waals surface area (Å²) in [6, 6.07) is 7.40. The largest absolute Gasteiger partial charge is 0.444 e. The van der Waals surface area contributed by atoms with E-state index in [0.29, 0.717) is 36.1 Å². The van der Waals surface area contributed by atoms with Crippen LogP contribution in [0.25, 0.3) is 22.4 Å². The van der Waals surface area contributed by atoms with Crippen molar-refractivity contribution >= 4 is 34.0 Å². The minimum Gasteiger partial charge on any atom is -0.444 e. The lowest BCUT2D eigenvalue weighted by Crippen LogP contribution is -2.35. The van der Waals surface area contributed by atoms with Crippen LogP contribution >= 0.6 is 0 Å². The third-order valence-corrected chi connectivity index (χ3v) is 6.79. The van der Waals surface area contributed by atoms with E-state index in [2.05, 4.69) is 26.3 Å². The Hall–Kier alpha value is -3.96. The highest BCUT2D eigenvalue weighted by Gasteiger charge is 2.24. The molecule has 0 atom stereocenters. The highest BCUT2D eigenvalue weighted by atomic mass is 16.5. The fourth-order valence-corrected chi connectivity index (χ4v) is 4.71. The van der Waals surface area contributed by atoms with Gasteiger partial charge >= 0.3 is 0 Å². The van der Waals surface area contributed by atoms with Gasteiger partial charge in [-0.15, -0.1) is 0 Å². The zero-order valence-electron chi connectivity index (χ0n) is 21.0. The van der Waals surface area contributed by atoms with Crippen LogP contribution in [0.2, 0.25) is 0 Å². The number of aryl methyl sites for hydroxylation is 1. The Balaban J connectivity index is 1.48. The van der Waals surface area contributed by atoms with E-state index in [9.17, 15) is 9.90 Å². The molecule has 0 bridgehead atoms. The number of hydrogen-bond donors (Lipinski definition) is 3. The predicted molar refractivity (Wildman–Crippen MR) is 140 cm³/mol. The van der Waals surface area contributed by atoms with E-state index < -0.39 is 0 Å². The van der Waals surface area contributed by atoms with Crippen molar-refractivity contribution in [2.45, 2.75) is 26.3 Å². The molecule has 0 spiro atoms. The number of fused-ring (bicyclic) bond motifs is 1. The minimum absolute atomic E-state index is 0.155. The van der Waals surface area contributed by atoms with E-state index in [1.165, 1.54) is 6.26 Å². The smallest absolute Gasteiger partial charge is 0.277 e. The molecule has 4 N–H and O–H groups in total. The summed E-state index contributed by atoms with van der Waals surface area (Å²) in [6.45, 7) is 4.87. The Morgan fingerprint density at radius 2 is 2.11 bits per heavy atom. The normalized spacial score (nSPS) is 14.4. The number of nitrogens with zero attached hydrogens (tertiary/aromatic N) is 5. The third kappa shape index (κ3) is 5.13. The second-order valence-corrected chi connectivity index (χ2v) is 9.26. The molecule has 4 aromatic rings. The van der Waals surface area contributed by atoms with Crippen molar-refractivity contribution in [2.24, 2.45) is 5.92 Å². The number of aliphatic hydroxyl groups excluding tert-OH is 1. The van der Waals surface area contributed by atoms with Crippen LogP contribution in [0.4, 0.5) is 17.2 Å². The maximum Gasteiger partial charge on any atom is 0.277 e. The lowest BCUT2D eigenvalue weighted by Gasteiger charge is -2.34. The van der Waals surface area contributed by atoms with Crippen molar-refractivity contribution < 1.29 is 19.1 Å². The number of aromatic nitrogens is 4. The first kappa shape index (κ1) is 24.7. The number of ether oxygens (including phenoxy) is 1. The molecule has 1 aliphatic rings. The summed E-state index contributed by atoms with van der Waals surface area (Å²) in [5.74, 6) is 0.540. The van der Waals surface area contributed by atoms with Gasteiger partial charge in [0.25, 0.3) is 5.91 Å². The Morgan fingerprint density at radius 1 is 1.30 bits per heavy atom. The van der Waals surface area contributed by atoms with Crippen LogP contribution in [0.15, 0.2) is 41.1 Å². The number of rotatable bonds is 8. The first-order valence-electron chi connectivity index (χ1n) is 12.3. The van der Waals surface area contributed by atoms with E-state index in [-0.39, 0.29) is 24.1 Å². The maximum absolute atomic E-state index is 13.3. The molecule has 1 amide bonds. The molecule has 37 heavy (non-hydrogen) atoms. The average molecular weight is 506 g/mol. The molecule has 3 aromatic heterocycles. The maximum atomic E-state index is 13.3. The number of nitrogens with two attached hydrogens (primary N) is 1. The van der Waals surface area contributed by atoms with E-state index in [4.69, 9.17) is 20.0 Å². The van der Waals surface area contributed by atoms with Crippen LogP contribution in [-0.2, 0) is 11.3 Å². The number of oxazole rings is 1. The summed E-state index contributed by atoms with van der Waals surface area (Å²) in [6.07, 6.45) is 4.66. The van der Waals surface area contributed by atoms with Crippen molar-refractivity contribution in [2.75, 3.05) is 49.4 Å². The summed E-state index contributed by atoms with van der Waals surface area (Å²) in [4.78, 5) is 23.9. The molecule has 194 valence electrons. The summed E-state index contributed by atoms with van der Waals surface area (Å²) in [7, 11) is 1.67. The topological polar surface area (TPSA) is 145 Å². The van der Waals surface area contributed by atoms with Crippen LogP contribution in [0.3, 0.4) is 0 Å². The summed E-state index contributed by atoms with van der Waals surface area (Å²) >= 11 is 0. The molecular formula is C26H31N7O4. The highest BCUT2D eigenvalue weighted by molar-refractivity contribution is 6.06. The summed E-state index contributed by atoms with van der Waals surface area (Å²) in [5.41, 5.74) is 9.98. The molecule has 1 aromatic carbocycles. The van der Waals surface area contributed by atoms with Gasteiger partial charge in [0.15, 0.2) is 5.69 Å². The summed E-state index contributed by atoms with van der Waals surface area (Å²) in [5, 5.41) is 18.3. The molecule has 11 heteroatoms. The molecule has 1 aliphatic heterocycles. The second kappa shape index (κ2) is 10.6. The number of anilines is 3. The predicted octanol–water partition coefficient (Wildman–Crippen LogP) is 3.08. The Morgan fingerprint density at radius 3 is 2.84 bits per heavy atom. The van der Waals surface area contributed by atoms with Gasteiger partial charge in [0.05, 0.1) is 35.7 Å². The van der Waals surface area contributed by atoms with E-state index >= 15 is 0 Å². The van der Waals surface area contributed by atoms with Crippen LogP contribution in [0, 0.1) is 12.8 Å². The van der Waals surface area contributed by atoms with Gasteiger partial charge in [-0.25, -0.2) is 9.97 Å². The lowest BCUT2D eigenvalue weighted by atomic mass is 9.97. The fourth-order valence-electron chi connectivity index (χ4n) is 4.71. The fraction of sp³-hybridized carbons (Fsp3) is 0.385. The number of benzene rings is 1. The van der Waals surface area contributed by atoms with Crippen LogP contribution in [0.5, 0.6) is 0 Å². The first-order valence-corrected chi connectivity index (χ1v) is 12.3. The number of carbonyl (C=O) groups excluding carboxylic acids is 1. The van der Waals surface area contributed by atoms with Crippen molar-refractivity contribution in [3.63, 3.8) is 0 Å². The van der Waals surface area contributed by atoms with Gasteiger partial charge in [0.1, 0.15) is 12.1 Å². The minimum atomic E-state index is -0.382. The molecule has 5 rings (SSSR count). The molecule has 4 heterocycles. The number of methoxy groups -OCH3 is 1. The zero-order chi connectivity index (χ0) is 25.9. The Kier molecular flexibility index (Phi) is 7.06. The molecule has 1 saturated heterocycles. The van der Waals surface area contributed by atoms with Gasteiger partial charge in [-0.05, 0) is 49.9 Å². The third-order valence-electron chi connectivity index (χ3n) is 6.79. The Labute approximate surface area is 214 Å². The van der Waals surface area contributed by atoms with Crippen molar-refractivity contribution in [1.29, 1.82) is 0 Å². The van der Waals surface area contributed by atoms with Gasteiger partial charge < -0.3 is 30.2 Å². The molecule has 11 nitrogen and oxygen atoms in total. The monoisotopic (exact) mass is 505 g/mol. The molecule has 1 fully saturated rings. The Bertz CT molecular complexity index is 1410. The molecule has 0 unspecified atom stereocenters. The SMILES string of the molecule is COCCn1nc(C)c2cc(NC(=O)c3coc(-c4ccnc(N)c4)n3)c(N3CCC(CO)CC3)cc21. The molecular weight excluding hydrogens is 474 g/mol. The molecule has 0 radical (unpaired) electrons. The van der Waals surface area contributed by atoms with E-state index in [0.717, 1.165) is 48.2 Å². The molecule has 0 saturated carbocycles. The number of piperidine rings is 1. The van der Waals surface area contributed by atoms with Crippen LogP contribution < -0.4 is 16.0 Å². The number of carbonyl (C=O) groups is 1. The number of aliphatic hydroxyl groups is 1. The van der Waals surface area contributed by atoms with Crippen LogP contribution in [-0.4, -0.2) is 64.2 Å². The first-order chi connectivity index (χ1) is 18.0. The lowest BCUT2D eigenvalue weighted by molar-refractivity contribution is 0.102. The zero-order valence-corrected chi connectivity index (χ0v) is 21.0. The van der Waals surface area contributed by atoms with Crippen LogP contribution in [0.1, 0.15) is 29.0 Å². The summed E-state index contributed by atoms with van der Waals surface area (Å²) < 4.78 is 12.8. The van der Waals surface area contributed by atoms with Gasteiger partial charge in [-0.1, -0.05) is 0 Å². The van der Waals surface area contributed by atoms with Crippen molar-refractivity contribution in [3.05, 3.63) is 48.1 Å². The van der Waals surface area contributed by atoms with Gasteiger partial charge in [0, 0.05) is 44.0 Å². The number of nitrogen functional groups attached to an aromatic ring is 1. The van der Waals surface area contributed by atoms with Crippen molar-refractivity contribution in [1.82, 2.24) is 19.7 Å². The number of amides is 1. The number of nitrogens with one attached hydrogen (secondary N) is 1. The van der Waals surface area contributed by atoms with E-state index in [1.807, 2.05) is 17.7 Å². The van der Waals surface area contributed by atoms with Gasteiger partial charge in [-0.3, -0.25) is 9.48 Å². The highest BCUT2D eigenvalue weighted by Crippen LogP contribution is 2.35. The van der Waals surface area contributed by atoms with E-state index in [1.54, 1.807) is 25.4 Å². The van der Waals surface area contributed by atoms with Gasteiger partial charge in [-0.2, -0.15) is 5.10 Å². The standard InChI is InChI=1S/C26H31N7O4/c1-16-19-12-20(29-25(35)21-15-37-26(30-21)18-3-6-28-24(27)11-18)23(32-7-4-17(14-34)5-8-32)13-22(19)33(31-16)9-10-36-2/h3,6,11-13,15,17,34H,4-5,7-10,14H2,1-2H3,(H2,27,28)(H,29,35). The number of hydrogen-bond acceptors (Lipinski definition) is 9.